The van der Waals surface area contributed by atoms with E-state index in [1.54, 1.807) is 39.9 Å². The average molecular weight is 449 g/mol. The summed E-state index contributed by atoms with van der Waals surface area (Å²) in [5.74, 6) is 0.991. The zero-order valence-electron chi connectivity index (χ0n) is 17.0. The van der Waals surface area contributed by atoms with Crippen LogP contribution < -0.4 is 9.64 Å². The van der Waals surface area contributed by atoms with Gasteiger partial charge in [0.2, 0.25) is 10.0 Å². The number of ether oxygens (including phenoxy) is 1. The fourth-order valence-corrected chi connectivity index (χ4v) is 3.06. The number of rotatable bonds is 9. The monoisotopic (exact) mass is 449 g/mol. The summed E-state index contributed by atoms with van der Waals surface area (Å²) < 4.78 is 65.3. The van der Waals surface area contributed by atoms with Gasteiger partial charge < -0.3 is 9.64 Å². The first-order valence-electron chi connectivity index (χ1n) is 8.63. The fourth-order valence-electron chi connectivity index (χ4n) is 2.24. The predicted octanol–water partition coefficient (Wildman–Crippen LogP) is 4.18. The molecule has 0 aliphatic carbocycles. The van der Waals surface area contributed by atoms with Gasteiger partial charge in [0, 0.05) is 27.2 Å². The molecule has 0 amide bonds. The molecule has 0 saturated heterocycles. The van der Waals surface area contributed by atoms with Crippen molar-refractivity contribution in [3.8, 4) is 5.75 Å². The summed E-state index contributed by atoms with van der Waals surface area (Å²) in [6, 6.07) is 1.04. The average Bonchev–Trinajstić information content (AvgIpc) is 2.98. The summed E-state index contributed by atoms with van der Waals surface area (Å²) in [6.45, 7) is 0.333. The molecule has 10 nitrogen and oxygen atoms in total. The van der Waals surface area contributed by atoms with Gasteiger partial charge in [0.15, 0.2) is 6.01 Å². The first kappa shape index (κ1) is 23.5. The molecular weight excluding hydrogens is 427 g/mol. The van der Waals surface area contributed by atoms with Gasteiger partial charge in [-0.25, -0.2) is 12.8 Å². The predicted molar refractivity (Wildman–Crippen MR) is 105 cm³/mol. The highest BCUT2D eigenvalue weighted by Gasteiger charge is 2.20. The van der Waals surface area contributed by atoms with Gasteiger partial charge in [-0.3, -0.25) is 4.68 Å². The van der Waals surface area contributed by atoms with Crippen LogP contribution >= 0.6 is 0 Å². The molecule has 0 fully saturated rings. The molecule has 0 spiro atoms. The zero-order valence-corrected chi connectivity index (χ0v) is 17.9. The van der Waals surface area contributed by atoms with Crippen molar-refractivity contribution >= 4 is 33.0 Å². The minimum atomic E-state index is -4.34. The molecule has 2 aromatic rings. The van der Waals surface area contributed by atoms with Crippen molar-refractivity contribution in [3.63, 3.8) is 0 Å². The Labute approximate surface area is 172 Å². The molecular formula is C16H22F3N7O3S. The second-order valence-corrected chi connectivity index (χ2v) is 7.81. The second-order valence-electron chi connectivity index (χ2n) is 6.06. The molecule has 0 bridgehead atoms. The smallest absolute Gasteiger partial charge is 0.357 e. The first-order valence-corrected chi connectivity index (χ1v) is 10.2. The number of halogens is 3. The molecule has 1 heterocycles. The largest absolute Gasteiger partial charge is 0.492 e. The van der Waals surface area contributed by atoms with Crippen LogP contribution in [0.5, 0.6) is 5.75 Å². The lowest BCUT2D eigenvalue weighted by molar-refractivity contribution is -0.0421. The number of benzene rings is 1. The van der Waals surface area contributed by atoms with Crippen LogP contribution in [0.4, 0.5) is 36.2 Å². The van der Waals surface area contributed by atoms with E-state index in [-0.39, 0.29) is 17.3 Å². The topological polar surface area (TPSA) is 107 Å². The van der Waals surface area contributed by atoms with Crippen LogP contribution in [0.1, 0.15) is 12.7 Å². The van der Waals surface area contributed by atoms with Crippen molar-refractivity contribution in [2.75, 3.05) is 31.6 Å². The molecule has 0 aliphatic heterocycles. The van der Waals surface area contributed by atoms with E-state index in [2.05, 4.69) is 28.9 Å². The third kappa shape index (κ3) is 5.89. The summed E-state index contributed by atoms with van der Waals surface area (Å²) in [7, 11) is 0.723. The van der Waals surface area contributed by atoms with Crippen LogP contribution in [0.15, 0.2) is 26.7 Å². The molecule has 30 heavy (non-hydrogen) atoms. The molecule has 14 heteroatoms. The molecule has 1 aromatic carbocycles. The summed E-state index contributed by atoms with van der Waals surface area (Å²) in [5, 5.41) is 11.9. The highest BCUT2D eigenvalue weighted by molar-refractivity contribution is 7.89. The molecule has 1 unspecified atom stereocenters. The van der Waals surface area contributed by atoms with E-state index in [4.69, 9.17) is 4.74 Å². The van der Waals surface area contributed by atoms with E-state index in [9.17, 15) is 17.4 Å². The molecule has 0 aliphatic rings. The maximum atomic E-state index is 13.2. The second kappa shape index (κ2) is 9.84. The summed E-state index contributed by atoms with van der Waals surface area (Å²) >= 11 is 0. The number of azo groups is 1. The lowest BCUT2D eigenvalue weighted by Crippen LogP contribution is -2.12. The number of hydrogen-bond donors (Lipinski definition) is 0. The van der Waals surface area contributed by atoms with Crippen LogP contribution in [0.3, 0.4) is 0 Å². The van der Waals surface area contributed by atoms with Crippen molar-refractivity contribution in [3.05, 3.63) is 18.0 Å². The van der Waals surface area contributed by atoms with Crippen molar-refractivity contribution in [1.29, 1.82) is 0 Å². The number of nitrogens with zero attached hydrogens (tertiary/aromatic N) is 7. The van der Waals surface area contributed by atoms with Gasteiger partial charge in [-0.15, -0.1) is 15.3 Å². The normalized spacial score (nSPS) is 13.6. The number of aryl methyl sites for hydroxylation is 2. The van der Waals surface area contributed by atoms with Crippen molar-refractivity contribution in [1.82, 2.24) is 14.8 Å². The summed E-state index contributed by atoms with van der Waals surface area (Å²) in [5.41, 5.74) is 0.272. The van der Waals surface area contributed by atoms with Crippen LogP contribution in [0.25, 0.3) is 0 Å². The number of hydrogen-bond acceptors (Lipinski definition) is 9. The SMILES string of the molecule is CCOc1cc(N=Nc2nc(C)n(C)n2)c(N=S(=O)(CF)OC(F)F)cc1N(C)C. The van der Waals surface area contributed by atoms with Gasteiger partial charge in [0.25, 0.3) is 5.95 Å². The van der Waals surface area contributed by atoms with E-state index in [1.807, 2.05) is 0 Å². The Bertz CT molecular complexity index is 1010. The van der Waals surface area contributed by atoms with E-state index in [0.29, 0.717) is 23.9 Å². The molecule has 1 aromatic heterocycles. The van der Waals surface area contributed by atoms with Gasteiger partial charge in [-0.2, -0.15) is 18.1 Å². The maximum absolute atomic E-state index is 13.2. The van der Waals surface area contributed by atoms with E-state index >= 15 is 0 Å². The quantitative estimate of drug-likeness (QED) is 0.532. The third-order valence-corrected chi connectivity index (χ3v) is 4.85. The maximum Gasteiger partial charge on any atom is 0.357 e. The minimum Gasteiger partial charge on any atom is -0.492 e. The van der Waals surface area contributed by atoms with Crippen LogP contribution in [-0.2, 0) is 21.2 Å². The molecule has 0 N–H and O–H groups in total. The molecule has 0 saturated carbocycles. The Kier molecular flexibility index (Phi) is 7.72. The fraction of sp³-hybridized carbons (Fsp3) is 0.500. The van der Waals surface area contributed by atoms with Crippen molar-refractivity contribution in [2.24, 2.45) is 21.6 Å². The highest BCUT2D eigenvalue weighted by atomic mass is 32.2. The van der Waals surface area contributed by atoms with Gasteiger partial charge in [-0.05, 0) is 19.9 Å². The van der Waals surface area contributed by atoms with Gasteiger partial charge >= 0.3 is 6.61 Å². The third-order valence-electron chi connectivity index (χ3n) is 3.65. The molecule has 166 valence electrons. The van der Waals surface area contributed by atoms with E-state index < -0.39 is 22.6 Å². The Hall–Kier alpha value is -2.74. The lowest BCUT2D eigenvalue weighted by atomic mass is 10.2. The Morgan fingerprint density at radius 3 is 2.47 bits per heavy atom. The minimum absolute atomic E-state index is 0.0202. The Morgan fingerprint density at radius 2 is 1.97 bits per heavy atom. The van der Waals surface area contributed by atoms with Crippen molar-refractivity contribution in [2.45, 2.75) is 20.5 Å². The van der Waals surface area contributed by atoms with Gasteiger partial charge in [0.1, 0.15) is 22.9 Å². The number of anilines is 1. The van der Waals surface area contributed by atoms with E-state index in [1.165, 1.54) is 16.8 Å². The standard InChI is InChI=1S/C16H22F3N7O3S/c1-6-28-14-8-11(21-22-16-20-10(2)26(5)23-16)12(7-13(14)25(3)4)24-30(27,9-17)29-15(18)19/h7-8,15H,6,9H2,1-5H3. The molecule has 1 atom stereocenters. The Balaban J connectivity index is 2.67. The highest BCUT2D eigenvalue weighted by Crippen LogP contribution is 2.41. The Morgan fingerprint density at radius 1 is 1.27 bits per heavy atom. The van der Waals surface area contributed by atoms with Crippen LogP contribution in [-0.4, -0.2) is 52.3 Å². The van der Waals surface area contributed by atoms with Gasteiger partial charge in [-0.1, -0.05) is 0 Å². The summed E-state index contributed by atoms with van der Waals surface area (Å²) in [4.78, 5) is 5.72. The zero-order chi connectivity index (χ0) is 22.5. The number of alkyl halides is 3. The first-order chi connectivity index (χ1) is 14.1. The molecule has 2 rings (SSSR count). The van der Waals surface area contributed by atoms with E-state index in [0.717, 1.165) is 0 Å². The van der Waals surface area contributed by atoms with Crippen molar-refractivity contribution < 1.29 is 26.3 Å². The molecule has 0 radical (unpaired) electrons. The summed E-state index contributed by atoms with van der Waals surface area (Å²) in [6.07, 6.45) is 0. The van der Waals surface area contributed by atoms with Gasteiger partial charge in [0.05, 0.1) is 12.3 Å². The van der Waals surface area contributed by atoms with Crippen LogP contribution in [0.2, 0.25) is 0 Å². The lowest BCUT2D eigenvalue weighted by Gasteiger charge is -2.19. The van der Waals surface area contributed by atoms with Crippen LogP contribution in [0, 0.1) is 6.92 Å². The number of aromatic nitrogens is 3.